The summed E-state index contributed by atoms with van der Waals surface area (Å²) in [6, 6.07) is 6.55. The molecule has 1 aromatic carbocycles. The molecule has 0 radical (unpaired) electrons. The number of carboxylic acid groups (broad SMARTS) is 1. The van der Waals surface area contributed by atoms with Gasteiger partial charge in [0.1, 0.15) is 5.75 Å². The van der Waals surface area contributed by atoms with Crippen molar-refractivity contribution in [1.29, 1.82) is 0 Å². The van der Waals surface area contributed by atoms with Gasteiger partial charge in [0.15, 0.2) is 6.61 Å². The zero-order valence-corrected chi connectivity index (χ0v) is 13.8. The number of nitrogens with zero attached hydrogens (tertiary/aromatic N) is 1. The first-order valence-electron chi connectivity index (χ1n) is 7.80. The van der Waals surface area contributed by atoms with Gasteiger partial charge in [0, 0.05) is 13.1 Å². The summed E-state index contributed by atoms with van der Waals surface area (Å²) in [5, 5.41) is 9.59. The highest BCUT2D eigenvalue weighted by Crippen LogP contribution is 2.39. The zero-order valence-electron chi connectivity index (χ0n) is 13.8. The molecule has 24 heavy (non-hydrogen) atoms. The third-order valence-corrected chi connectivity index (χ3v) is 4.61. The molecule has 7 nitrogen and oxygen atoms in total. The maximum absolute atomic E-state index is 12.8. The molecule has 1 aliphatic heterocycles. The van der Waals surface area contributed by atoms with Gasteiger partial charge in [-0.05, 0) is 24.5 Å². The van der Waals surface area contributed by atoms with Gasteiger partial charge < -0.3 is 20.5 Å². The minimum Gasteiger partial charge on any atom is -0.483 e. The highest BCUT2D eigenvalue weighted by molar-refractivity contribution is 5.97. The topological polar surface area (TPSA) is 110 Å². The fourth-order valence-electron chi connectivity index (χ4n) is 2.99. The van der Waals surface area contributed by atoms with Crippen LogP contribution in [-0.2, 0) is 9.59 Å². The summed E-state index contributed by atoms with van der Waals surface area (Å²) in [6.07, 6.45) is 0.413. The molecule has 1 aliphatic rings. The van der Waals surface area contributed by atoms with Gasteiger partial charge in [-0.2, -0.15) is 0 Å². The first-order valence-corrected chi connectivity index (χ1v) is 7.80. The van der Waals surface area contributed by atoms with Crippen molar-refractivity contribution in [3.05, 3.63) is 29.8 Å². The molecular weight excluding hydrogens is 312 g/mol. The van der Waals surface area contributed by atoms with E-state index < -0.39 is 17.3 Å². The Bertz CT molecular complexity index is 658. The third kappa shape index (κ3) is 3.34. The van der Waals surface area contributed by atoms with E-state index in [1.54, 1.807) is 24.3 Å². The number of hydrogen-bond donors (Lipinski definition) is 2. The Kier molecular flexibility index (Phi) is 5.11. The van der Waals surface area contributed by atoms with Crippen LogP contribution in [0, 0.1) is 11.3 Å². The Hall–Kier alpha value is -2.57. The molecular formula is C17H22N2O5. The monoisotopic (exact) mass is 334 g/mol. The Balaban J connectivity index is 2.22. The number of para-hydroxylation sites is 1. The second kappa shape index (κ2) is 6.90. The molecule has 1 atom stereocenters. The van der Waals surface area contributed by atoms with E-state index in [1.165, 1.54) is 4.90 Å². The molecule has 3 N–H and O–H groups in total. The average molecular weight is 334 g/mol. The van der Waals surface area contributed by atoms with E-state index in [2.05, 4.69) is 0 Å². The van der Waals surface area contributed by atoms with Gasteiger partial charge in [-0.1, -0.05) is 26.0 Å². The highest BCUT2D eigenvalue weighted by atomic mass is 16.5. The number of benzene rings is 1. The third-order valence-electron chi connectivity index (χ3n) is 4.61. The first-order chi connectivity index (χ1) is 11.3. The molecule has 1 aromatic rings. The van der Waals surface area contributed by atoms with Crippen LogP contribution in [-0.4, -0.2) is 47.5 Å². The van der Waals surface area contributed by atoms with Crippen molar-refractivity contribution in [2.24, 2.45) is 17.1 Å². The molecule has 1 saturated heterocycles. The summed E-state index contributed by atoms with van der Waals surface area (Å²) < 4.78 is 5.29. The van der Waals surface area contributed by atoms with Crippen LogP contribution in [0.1, 0.15) is 30.6 Å². The van der Waals surface area contributed by atoms with Crippen LogP contribution >= 0.6 is 0 Å². The van der Waals surface area contributed by atoms with Crippen molar-refractivity contribution in [2.75, 3.05) is 19.7 Å². The maximum Gasteiger partial charge on any atom is 0.311 e. The second-order valence-electron chi connectivity index (χ2n) is 6.34. The Morgan fingerprint density at radius 2 is 2.00 bits per heavy atom. The smallest absolute Gasteiger partial charge is 0.311 e. The number of rotatable bonds is 6. The second-order valence-corrected chi connectivity index (χ2v) is 6.34. The van der Waals surface area contributed by atoms with Gasteiger partial charge >= 0.3 is 5.97 Å². The van der Waals surface area contributed by atoms with Gasteiger partial charge in [-0.25, -0.2) is 0 Å². The number of carbonyl (C=O) groups is 3. The van der Waals surface area contributed by atoms with Crippen molar-refractivity contribution in [1.82, 2.24) is 4.90 Å². The predicted molar refractivity (Wildman–Crippen MR) is 86.6 cm³/mol. The van der Waals surface area contributed by atoms with E-state index in [9.17, 15) is 19.5 Å². The number of amides is 2. The summed E-state index contributed by atoms with van der Waals surface area (Å²) in [5.41, 5.74) is 4.43. The lowest BCUT2D eigenvalue weighted by molar-refractivity contribution is -0.150. The lowest BCUT2D eigenvalue weighted by Gasteiger charge is -2.28. The van der Waals surface area contributed by atoms with Crippen LogP contribution in [0.4, 0.5) is 0 Å². The molecule has 1 heterocycles. The van der Waals surface area contributed by atoms with E-state index in [-0.39, 0.29) is 30.7 Å². The molecule has 1 fully saturated rings. The molecule has 0 saturated carbocycles. The van der Waals surface area contributed by atoms with Crippen molar-refractivity contribution in [2.45, 2.75) is 20.3 Å². The van der Waals surface area contributed by atoms with Gasteiger partial charge in [0.05, 0.1) is 11.0 Å². The number of carbonyl (C=O) groups excluding carboxylic acids is 2. The lowest BCUT2D eigenvalue weighted by Crippen LogP contribution is -2.40. The summed E-state index contributed by atoms with van der Waals surface area (Å²) >= 11 is 0. The van der Waals surface area contributed by atoms with E-state index >= 15 is 0 Å². The molecule has 1 unspecified atom stereocenters. The summed E-state index contributed by atoms with van der Waals surface area (Å²) in [7, 11) is 0. The van der Waals surface area contributed by atoms with Crippen LogP contribution < -0.4 is 10.5 Å². The van der Waals surface area contributed by atoms with Crippen molar-refractivity contribution in [3.8, 4) is 5.75 Å². The van der Waals surface area contributed by atoms with Gasteiger partial charge in [0.25, 0.3) is 11.8 Å². The minimum atomic E-state index is -0.932. The fraction of sp³-hybridized carbons (Fsp3) is 0.471. The largest absolute Gasteiger partial charge is 0.483 e. The van der Waals surface area contributed by atoms with Gasteiger partial charge in [-0.3, -0.25) is 14.4 Å². The fourth-order valence-corrected chi connectivity index (χ4v) is 2.99. The lowest BCUT2D eigenvalue weighted by atomic mass is 9.76. The van der Waals surface area contributed by atoms with Crippen molar-refractivity contribution < 1.29 is 24.2 Å². The van der Waals surface area contributed by atoms with Crippen molar-refractivity contribution in [3.63, 3.8) is 0 Å². The summed E-state index contributed by atoms with van der Waals surface area (Å²) in [5.74, 6) is -1.65. The van der Waals surface area contributed by atoms with Crippen LogP contribution in [0.25, 0.3) is 0 Å². The molecule has 2 amide bonds. The number of carboxylic acids is 1. The van der Waals surface area contributed by atoms with Crippen LogP contribution in [0.5, 0.6) is 5.75 Å². The van der Waals surface area contributed by atoms with Crippen LogP contribution in [0.3, 0.4) is 0 Å². The minimum absolute atomic E-state index is 0.0887. The molecule has 0 spiro atoms. The summed E-state index contributed by atoms with van der Waals surface area (Å²) in [4.78, 5) is 36.9. The molecule has 130 valence electrons. The van der Waals surface area contributed by atoms with E-state index in [0.717, 1.165) is 0 Å². The van der Waals surface area contributed by atoms with Crippen LogP contribution in [0.15, 0.2) is 24.3 Å². The number of aliphatic carboxylic acids is 1. The Morgan fingerprint density at radius 1 is 1.33 bits per heavy atom. The molecule has 2 rings (SSSR count). The quantitative estimate of drug-likeness (QED) is 0.810. The van der Waals surface area contributed by atoms with E-state index in [0.29, 0.717) is 18.5 Å². The number of likely N-dealkylation sites (tertiary alicyclic amines) is 1. The Morgan fingerprint density at radius 3 is 2.54 bits per heavy atom. The number of ether oxygens (including phenoxy) is 1. The van der Waals surface area contributed by atoms with Crippen molar-refractivity contribution >= 4 is 17.8 Å². The van der Waals surface area contributed by atoms with E-state index in [4.69, 9.17) is 10.5 Å². The first kappa shape index (κ1) is 17.8. The molecule has 0 aliphatic carbocycles. The average Bonchev–Trinajstić information content (AvgIpc) is 2.99. The van der Waals surface area contributed by atoms with Gasteiger partial charge in [-0.15, -0.1) is 0 Å². The van der Waals surface area contributed by atoms with Crippen LogP contribution in [0.2, 0.25) is 0 Å². The zero-order chi connectivity index (χ0) is 17.9. The normalized spacial score (nSPS) is 20.2. The Labute approximate surface area is 140 Å². The number of primary amides is 1. The summed E-state index contributed by atoms with van der Waals surface area (Å²) in [6.45, 7) is 3.91. The number of nitrogens with two attached hydrogens (primary N) is 1. The SMILES string of the molecule is CC(C)C1(C(=O)O)CCN(C(=O)c2ccccc2OCC(N)=O)C1. The van der Waals surface area contributed by atoms with E-state index in [1.807, 2.05) is 13.8 Å². The number of hydrogen-bond acceptors (Lipinski definition) is 4. The standard InChI is InChI=1S/C17H22N2O5/c1-11(2)17(16(22)23)7-8-19(10-17)15(21)12-5-3-4-6-13(12)24-9-14(18)20/h3-6,11H,7-10H2,1-2H3,(H2,18,20)(H,22,23). The predicted octanol–water partition coefficient (Wildman–Crippen LogP) is 1.12. The molecule has 7 heteroatoms. The highest BCUT2D eigenvalue weighted by Gasteiger charge is 2.48. The maximum atomic E-state index is 12.8. The van der Waals surface area contributed by atoms with Gasteiger partial charge in [0.2, 0.25) is 0 Å². The molecule has 0 aromatic heterocycles. The molecule has 0 bridgehead atoms.